The Morgan fingerprint density at radius 1 is 1.82 bits per heavy atom. The molecule has 1 aliphatic carbocycles. The molecule has 1 saturated carbocycles. The molecule has 0 aromatic carbocycles. The highest BCUT2D eigenvalue weighted by Crippen LogP contribution is 2.37. The van der Waals surface area contributed by atoms with Gasteiger partial charge in [-0.2, -0.15) is 0 Å². The number of hydrogen-bond donors (Lipinski definition) is 1. The highest BCUT2D eigenvalue weighted by atomic mass is 16.5. The van der Waals surface area contributed by atoms with E-state index in [1.54, 1.807) is 0 Å². The Hall–Kier alpha value is -1.01. The molecule has 0 bridgehead atoms. The van der Waals surface area contributed by atoms with E-state index in [0.717, 1.165) is 0 Å². The molecule has 0 aliphatic heterocycles. The molecule has 3 nitrogen and oxygen atoms in total. The van der Waals surface area contributed by atoms with Gasteiger partial charge in [0, 0.05) is 12.8 Å². The summed E-state index contributed by atoms with van der Waals surface area (Å²) in [6.07, 6.45) is 5.68. The van der Waals surface area contributed by atoms with Gasteiger partial charge in [-0.1, -0.05) is 5.92 Å². The molecule has 1 rings (SSSR count). The van der Waals surface area contributed by atoms with E-state index in [9.17, 15) is 9.90 Å². The van der Waals surface area contributed by atoms with Crippen molar-refractivity contribution in [2.75, 3.05) is 7.11 Å². The summed E-state index contributed by atoms with van der Waals surface area (Å²) in [4.78, 5) is 10.8. The van der Waals surface area contributed by atoms with Crippen LogP contribution in [-0.4, -0.2) is 23.8 Å². The summed E-state index contributed by atoms with van der Waals surface area (Å²) in [7, 11) is 1.33. The van der Waals surface area contributed by atoms with Crippen molar-refractivity contribution in [2.24, 2.45) is 5.92 Å². The van der Waals surface area contributed by atoms with Crippen LogP contribution in [-0.2, 0) is 9.53 Å². The van der Waals surface area contributed by atoms with Crippen LogP contribution in [0, 0.1) is 18.3 Å². The van der Waals surface area contributed by atoms with Gasteiger partial charge in [-0.25, -0.2) is 0 Å². The molecular formula is C8H10O3. The van der Waals surface area contributed by atoms with Gasteiger partial charge in [0.1, 0.15) is 5.60 Å². The zero-order valence-electron chi connectivity index (χ0n) is 6.33. The molecule has 0 saturated heterocycles. The van der Waals surface area contributed by atoms with Crippen molar-refractivity contribution in [1.29, 1.82) is 0 Å². The lowest BCUT2D eigenvalue weighted by Crippen LogP contribution is -2.46. The number of terminal acetylenes is 1. The van der Waals surface area contributed by atoms with Gasteiger partial charge in [0.25, 0.3) is 0 Å². The molecule has 0 aromatic heterocycles. The van der Waals surface area contributed by atoms with Gasteiger partial charge in [0.05, 0.1) is 13.0 Å². The van der Waals surface area contributed by atoms with Crippen LogP contribution in [0.15, 0.2) is 0 Å². The van der Waals surface area contributed by atoms with Crippen LogP contribution in [0.1, 0.15) is 12.8 Å². The van der Waals surface area contributed by atoms with E-state index in [0.29, 0.717) is 12.8 Å². The number of rotatable bonds is 1. The van der Waals surface area contributed by atoms with Crippen LogP contribution in [0.4, 0.5) is 0 Å². The minimum absolute atomic E-state index is 0.207. The maximum Gasteiger partial charge on any atom is 0.308 e. The van der Waals surface area contributed by atoms with Crippen LogP contribution in [0.5, 0.6) is 0 Å². The summed E-state index contributed by atoms with van der Waals surface area (Å²) >= 11 is 0. The van der Waals surface area contributed by atoms with Gasteiger partial charge in [0.2, 0.25) is 0 Å². The second-order valence-electron chi connectivity index (χ2n) is 2.80. The fraction of sp³-hybridized carbons (Fsp3) is 0.625. The average molecular weight is 154 g/mol. The molecule has 0 spiro atoms. The van der Waals surface area contributed by atoms with E-state index >= 15 is 0 Å². The first-order valence-electron chi connectivity index (χ1n) is 3.39. The topological polar surface area (TPSA) is 46.5 Å². The van der Waals surface area contributed by atoms with E-state index in [1.165, 1.54) is 7.11 Å². The van der Waals surface area contributed by atoms with Crippen LogP contribution < -0.4 is 0 Å². The van der Waals surface area contributed by atoms with Crippen molar-refractivity contribution in [2.45, 2.75) is 18.4 Å². The molecule has 1 N–H and O–H groups in total. The highest BCUT2D eigenvalue weighted by molar-refractivity contribution is 5.74. The number of hydrogen-bond acceptors (Lipinski definition) is 3. The van der Waals surface area contributed by atoms with E-state index in [-0.39, 0.29) is 11.9 Å². The Morgan fingerprint density at radius 3 is 2.73 bits per heavy atom. The fourth-order valence-electron chi connectivity index (χ4n) is 1.21. The number of carbonyl (C=O) groups excluding carboxylic acids is 1. The maximum atomic E-state index is 10.8. The van der Waals surface area contributed by atoms with Crippen LogP contribution in [0.2, 0.25) is 0 Å². The van der Waals surface area contributed by atoms with Crippen LogP contribution in [0.3, 0.4) is 0 Å². The van der Waals surface area contributed by atoms with E-state index < -0.39 is 5.60 Å². The molecule has 0 radical (unpaired) electrons. The van der Waals surface area contributed by atoms with Crippen molar-refractivity contribution >= 4 is 5.97 Å². The molecule has 60 valence electrons. The van der Waals surface area contributed by atoms with Crippen LogP contribution >= 0.6 is 0 Å². The third kappa shape index (κ3) is 1.36. The van der Waals surface area contributed by atoms with E-state index in [4.69, 9.17) is 6.42 Å². The third-order valence-corrected chi connectivity index (χ3v) is 1.97. The first-order chi connectivity index (χ1) is 5.11. The predicted octanol–water partition coefficient (Wildman–Crippen LogP) is -0.0663. The Bertz CT molecular complexity index is 208. The fourth-order valence-corrected chi connectivity index (χ4v) is 1.21. The summed E-state index contributed by atoms with van der Waals surface area (Å²) in [6.45, 7) is 0. The molecule has 0 aromatic rings. The summed E-state index contributed by atoms with van der Waals surface area (Å²) in [5.41, 5.74) is -1.06. The van der Waals surface area contributed by atoms with Crippen molar-refractivity contribution in [3.8, 4) is 12.3 Å². The van der Waals surface area contributed by atoms with Crippen molar-refractivity contribution in [3.63, 3.8) is 0 Å². The number of methoxy groups -OCH3 is 1. The van der Waals surface area contributed by atoms with Crippen LogP contribution in [0.25, 0.3) is 0 Å². The van der Waals surface area contributed by atoms with Gasteiger partial charge in [0.15, 0.2) is 0 Å². The average Bonchev–Trinajstić information content (AvgIpc) is 1.97. The summed E-state index contributed by atoms with van der Waals surface area (Å²) in [5.74, 6) is 1.74. The molecular weight excluding hydrogens is 144 g/mol. The number of esters is 1. The van der Waals surface area contributed by atoms with Gasteiger partial charge < -0.3 is 9.84 Å². The molecule has 0 atom stereocenters. The monoisotopic (exact) mass is 154 g/mol. The van der Waals surface area contributed by atoms with Crippen molar-refractivity contribution in [3.05, 3.63) is 0 Å². The van der Waals surface area contributed by atoms with E-state index in [1.807, 2.05) is 0 Å². The van der Waals surface area contributed by atoms with Gasteiger partial charge in [-0.05, 0) is 0 Å². The minimum Gasteiger partial charge on any atom is -0.469 e. The first-order valence-corrected chi connectivity index (χ1v) is 3.39. The Balaban J connectivity index is 2.42. The Labute approximate surface area is 65.4 Å². The first kappa shape index (κ1) is 8.09. The quantitative estimate of drug-likeness (QED) is 0.425. The second-order valence-corrected chi connectivity index (χ2v) is 2.80. The smallest absolute Gasteiger partial charge is 0.308 e. The zero-order valence-corrected chi connectivity index (χ0v) is 6.33. The molecule has 0 heterocycles. The third-order valence-electron chi connectivity index (χ3n) is 1.97. The Morgan fingerprint density at radius 2 is 2.36 bits per heavy atom. The lowest BCUT2D eigenvalue weighted by molar-refractivity contribution is -0.156. The summed E-state index contributed by atoms with van der Waals surface area (Å²) in [6, 6.07) is 0. The van der Waals surface area contributed by atoms with Gasteiger partial charge >= 0.3 is 5.97 Å². The van der Waals surface area contributed by atoms with Gasteiger partial charge in [-0.15, -0.1) is 6.42 Å². The normalized spacial score (nSPS) is 35.2. The number of ether oxygens (including phenoxy) is 1. The van der Waals surface area contributed by atoms with E-state index in [2.05, 4.69) is 10.7 Å². The lowest BCUT2D eigenvalue weighted by atomic mass is 9.71. The lowest BCUT2D eigenvalue weighted by Gasteiger charge is -2.37. The molecule has 1 fully saturated rings. The van der Waals surface area contributed by atoms with Crippen molar-refractivity contribution in [1.82, 2.24) is 0 Å². The van der Waals surface area contributed by atoms with Crippen molar-refractivity contribution < 1.29 is 14.6 Å². The molecule has 0 amide bonds. The standard InChI is InChI=1S/C8H10O3/c1-3-8(10)4-6(5-8)7(9)11-2/h1,6,10H,4-5H2,2H3. The molecule has 11 heavy (non-hydrogen) atoms. The second kappa shape index (κ2) is 2.55. The maximum absolute atomic E-state index is 10.8. The number of aliphatic hydroxyl groups is 1. The number of carbonyl (C=O) groups is 1. The molecule has 1 aliphatic rings. The Kier molecular flexibility index (Phi) is 1.88. The largest absolute Gasteiger partial charge is 0.469 e. The predicted molar refractivity (Wildman–Crippen MR) is 38.5 cm³/mol. The van der Waals surface area contributed by atoms with Gasteiger partial charge in [-0.3, -0.25) is 4.79 Å². The summed E-state index contributed by atoms with van der Waals surface area (Å²) in [5, 5.41) is 9.29. The highest BCUT2D eigenvalue weighted by Gasteiger charge is 2.45. The molecule has 0 unspecified atom stereocenters. The SMILES string of the molecule is C#CC1(O)CC(C(=O)OC)C1. The summed E-state index contributed by atoms with van der Waals surface area (Å²) < 4.78 is 4.47. The zero-order chi connectivity index (χ0) is 8.48. The molecule has 3 heteroatoms. The minimum atomic E-state index is -1.06.